The second-order valence-corrected chi connectivity index (χ2v) is 9.63. The van der Waals surface area contributed by atoms with Crippen molar-refractivity contribution in [1.82, 2.24) is 5.32 Å². The number of ether oxygens (including phenoxy) is 1. The maximum Gasteiger partial charge on any atom is 0.418 e. The number of carbonyl (C=O) groups is 2. The summed E-state index contributed by atoms with van der Waals surface area (Å²) in [5.74, 6) is 0.475. The largest absolute Gasteiger partial charge is 0.495 e. The van der Waals surface area contributed by atoms with Gasteiger partial charge in [-0.1, -0.05) is 24.3 Å². The molecular formula is C29H32F3N5O3. The fourth-order valence-electron chi connectivity index (χ4n) is 4.61. The number of rotatable bonds is 7. The molecule has 0 atom stereocenters. The quantitative estimate of drug-likeness (QED) is 0.342. The van der Waals surface area contributed by atoms with Gasteiger partial charge < -0.3 is 30.5 Å². The number of alkyl halides is 3. The molecule has 0 aromatic heterocycles. The van der Waals surface area contributed by atoms with Crippen LogP contribution in [0.3, 0.4) is 0 Å². The minimum absolute atomic E-state index is 0.124. The zero-order valence-corrected chi connectivity index (χ0v) is 22.5. The van der Waals surface area contributed by atoms with Crippen LogP contribution in [0.4, 0.5) is 40.7 Å². The van der Waals surface area contributed by atoms with Crippen molar-refractivity contribution in [3.8, 4) is 5.75 Å². The molecule has 11 heteroatoms. The van der Waals surface area contributed by atoms with Gasteiger partial charge in [0.15, 0.2) is 0 Å². The highest BCUT2D eigenvalue weighted by Crippen LogP contribution is 2.35. The van der Waals surface area contributed by atoms with Crippen molar-refractivity contribution in [1.29, 1.82) is 0 Å². The van der Waals surface area contributed by atoms with Crippen molar-refractivity contribution >= 4 is 34.7 Å². The Morgan fingerprint density at radius 1 is 0.850 bits per heavy atom. The molecule has 3 amide bonds. The van der Waals surface area contributed by atoms with E-state index in [1.54, 1.807) is 19.2 Å². The lowest BCUT2D eigenvalue weighted by Crippen LogP contribution is -2.47. The number of nitrogens with one attached hydrogen (secondary N) is 3. The minimum atomic E-state index is -4.62. The lowest BCUT2D eigenvalue weighted by molar-refractivity contribution is -0.136. The van der Waals surface area contributed by atoms with Crippen LogP contribution in [0.1, 0.15) is 29.8 Å². The number of nitrogens with zero attached hydrogens (tertiary/aromatic N) is 2. The topological polar surface area (TPSA) is 85.9 Å². The zero-order chi connectivity index (χ0) is 28.9. The molecule has 0 bridgehead atoms. The Hall–Kier alpha value is -4.41. The van der Waals surface area contributed by atoms with Crippen LogP contribution in [0.15, 0.2) is 66.7 Å². The second-order valence-electron chi connectivity index (χ2n) is 9.63. The van der Waals surface area contributed by atoms with Gasteiger partial charge in [-0.25, -0.2) is 4.79 Å². The van der Waals surface area contributed by atoms with Crippen LogP contribution in [0.2, 0.25) is 0 Å². The number of amides is 3. The highest BCUT2D eigenvalue weighted by Gasteiger charge is 2.33. The molecule has 0 unspecified atom stereocenters. The van der Waals surface area contributed by atoms with Crippen LogP contribution in [-0.4, -0.2) is 51.3 Å². The molecule has 3 N–H and O–H groups in total. The van der Waals surface area contributed by atoms with E-state index in [2.05, 4.69) is 25.8 Å². The van der Waals surface area contributed by atoms with Gasteiger partial charge in [-0.05, 0) is 56.3 Å². The van der Waals surface area contributed by atoms with Crippen LogP contribution < -0.4 is 30.5 Å². The fraction of sp³-hybridized carbons (Fsp3) is 0.310. The molecule has 0 saturated carbocycles. The van der Waals surface area contributed by atoms with E-state index >= 15 is 0 Å². The van der Waals surface area contributed by atoms with Crippen molar-refractivity contribution in [2.24, 2.45) is 0 Å². The molecule has 0 radical (unpaired) electrons. The van der Waals surface area contributed by atoms with E-state index in [1.807, 2.05) is 38.1 Å². The average Bonchev–Trinajstić information content (AvgIpc) is 2.92. The summed E-state index contributed by atoms with van der Waals surface area (Å²) in [6, 6.07) is 16.5. The summed E-state index contributed by atoms with van der Waals surface area (Å²) < 4.78 is 45.5. The van der Waals surface area contributed by atoms with Crippen LogP contribution in [-0.2, 0) is 6.18 Å². The number of urea groups is 1. The molecule has 8 nitrogen and oxygen atoms in total. The summed E-state index contributed by atoms with van der Waals surface area (Å²) in [7, 11) is 1.64. The Balaban J connectivity index is 1.52. The number of halogens is 3. The molecule has 0 spiro atoms. The maximum atomic E-state index is 13.3. The van der Waals surface area contributed by atoms with Gasteiger partial charge in [0, 0.05) is 43.6 Å². The smallest absolute Gasteiger partial charge is 0.418 e. The standard InChI is InChI=1S/C29H32F3N5O3/c1-19(2)33-27(38)21-18-20(34-28(39)35-23-9-5-4-8-22(23)29(30,31)32)12-13-24(21)36-14-16-37(17-15-36)25-10-6-7-11-26(25)40-3/h4-13,18-19H,14-17H2,1-3H3,(H,33,38)(H2,34,35,39). The summed E-state index contributed by atoms with van der Waals surface area (Å²) in [5, 5.41) is 7.70. The number of piperazine rings is 1. The molecule has 40 heavy (non-hydrogen) atoms. The van der Waals surface area contributed by atoms with Crippen molar-refractivity contribution in [3.63, 3.8) is 0 Å². The number of para-hydroxylation sites is 3. The van der Waals surface area contributed by atoms with Crippen LogP contribution >= 0.6 is 0 Å². The SMILES string of the molecule is COc1ccccc1N1CCN(c2ccc(NC(=O)Nc3ccccc3C(F)(F)F)cc2C(=O)NC(C)C)CC1. The first kappa shape index (κ1) is 28.6. The number of carbonyl (C=O) groups excluding carboxylic acids is 2. The van der Waals surface area contributed by atoms with E-state index in [1.165, 1.54) is 24.3 Å². The first-order chi connectivity index (χ1) is 19.1. The summed E-state index contributed by atoms with van der Waals surface area (Å²) in [6.07, 6.45) is -4.62. The molecule has 0 aliphatic carbocycles. The summed E-state index contributed by atoms with van der Waals surface area (Å²) in [4.78, 5) is 30.1. The van der Waals surface area contributed by atoms with Gasteiger partial charge >= 0.3 is 12.2 Å². The van der Waals surface area contributed by atoms with Gasteiger partial charge in [-0.2, -0.15) is 13.2 Å². The molecular weight excluding hydrogens is 523 g/mol. The Morgan fingerprint density at radius 3 is 2.12 bits per heavy atom. The lowest BCUT2D eigenvalue weighted by atomic mass is 10.1. The number of anilines is 4. The summed E-state index contributed by atoms with van der Waals surface area (Å²) in [5.41, 5.74) is 1.01. The van der Waals surface area contributed by atoms with E-state index in [0.717, 1.165) is 17.5 Å². The van der Waals surface area contributed by atoms with Gasteiger partial charge in [0.25, 0.3) is 5.91 Å². The van der Waals surface area contributed by atoms with Crippen molar-refractivity contribution in [3.05, 3.63) is 77.9 Å². The molecule has 1 fully saturated rings. The Kier molecular flexibility index (Phi) is 8.71. The Morgan fingerprint density at radius 2 is 1.48 bits per heavy atom. The second kappa shape index (κ2) is 12.2. The third kappa shape index (κ3) is 6.77. The van der Waals surface area contributed by atoms with E-state index in [-0.39, 0.29) is 23.3 Å². The average molecular weight is 556 g/mol. The van der Waals surface area contributed by atoms with Gasteiger partial charge in [-0.15, -0.1) is 0 Å². The molecule has 1 saturated heterocycles. The Bertz CT molecular complexity index is 1350. The monoisotopic (exact) mass is 555 g/mol. The van der Waals surface area contributed by atoms with Gasteiger partial charge in [0.2, 0.25) is 0 Å². The number of methoxy groups -OCH3 is 1. The van der Waals surface area contributed by atoms with Crippen LogP contribution in [0.25, 0.3) is 0 Å². The fourth-order valence-corrected chi connectivity index (χ4v) is 4.61. The molecule has 1 heterocycles. The third-order valence-electron chi connectivity index (χ3n) is 6.45. The Labute approximate surface area is 231 Å². The molecule has 1 aliphatic heterocycles. The molecule has 1 aliphatic rings. The first-order valence-corrected chi connectivity index (χ1v) is 12.9. The van der Waals surface area contributed by atoms with Crippen LogP contribution in [0.5, 0.6) is 5.75 Å². The predicted octanol–water partition coefficient (Wildman–Crippen LogP) is 5.82. The zero-order valence-electron chi connectivity index (χ0n) is 22.5. The van der Waals surface area contributed by atoms with E-state index in [0.29, 0.717) is 37.4 Å². The summed E-state index contributed by atoms with van der Waals surface area (Å²) >= 11 is 0. The number of hydrogen-bond donors (Lipinski definition) is 3. The van der Waals surface area contributed by atoms with Crippen LogP contribution in [0, 0.1) is 0 Å². The van der Waals surface area contributed by atoms with Crippen molar-refractivity contribution in [2.75, 3.05) is 53.7 Å². The molecule has 3 aromatic rings. The lowest BCUT2D eigenvalue weighted by Gasteiger charge is -2.38. The van der Waals surface area contributed by atoms with E-state index in [9.17, 15) is 22.8 Å². The third-order valence-corrected chi connectivity index (χ3v) is 6.45. The highest BCUT2D eigenvalue weighted by molar-refractivity contribution is 6.04. The predicted molar refractivity (Wildman–Crippen MR) is 151 cm³/mol. The molecule has 4 rings (SSSR count). The molecule has 3 aromatic carbocycles. The maximum absolute atomic E-state index is 13.3. The van der Waals surface area contributed by atoms with Gasteiger partial charge in [-0.3, -0.25) is 4.79 Å². The van der Waals surface area contributed by atoms with Crippen molar-refractivity contribution in [2.45, 2.75) is 26.1 Å². The first-order valence-electron chi connectivity index (χ1n) is 12.9. The number of benzene rings is 3. The van der Waals surface area contributed by atoms with E-state index in [4.69, 9.17) is 4.74 Å². The van der Waals surface area contributed by atoms with Crippen molar-refractivity contribution < 1.29 is 27.5 Å². The highest BCUT2D eigenvalue weighted by atomic mass is 19.4. The minimum Gasteiger partial charge on any atom is -0.495 e. The van der Waals surface area contributed by atoms with Gasteiger partial charge in [0.05, 0.1) is 29.6 Å². The number of hydrogen-bond acceptors (Lipinski definition) is 5. The summed E-state index contributed by atoms with van der Waals surface area (Å²) in [6.45, 7) is 6.37. The van der Waals surface area contributed by atoms with Gasteiger partial charge in [0.1, 0.15) is 5.75 Å². The normalized spacial score (nSPS) is 13.7. The molecule has 212 valence electrons. The van der Waals surface area contributed by atoms with E-state index < -0.39 is 17.8 Å².